The fourth-order valence-electron chi connectivity index (χ4n) is 7.65. The molecular weight excluding hydrogens is 994 g/mol. The first-order chi connectivity index (χ1) is 35.0. The Kier molecular flexibility index (Phi) is 24.5. The molecule has 6 rings (SSSR count). The minimum Gasteiger partial charge on any atom is -0.495 e. The van der Waals surface area contributed by atoms with Crippen molar-refractivity contribution in [2.45, 2.75) is 94.8 Å². The number of imide groups is 1. The first-order valence-corrected chi connectivity index (χ1v) is 23.8. The number of methoxy groups -OCH3 is 3. The number of carbonyl (C=O) groups is 4. The third-order valence-corrected chi connectivity index (χ3v) is 12.1. The minimum absolute atomic E-state index is 0.0301. The fraction of sp³-hybridized carbons (Fsp3) is 0.389. The predicted octanol–water partition coefficient (Wildman–Crippen LogP) is 12.7. The zero-order chi connectivity index (χ0) is 55.1. The van der Waals surface area contributed by atoms with Crippen LogP contribution in [0.1, 0.15) is 93.7 Å². The Morgan fingerprint density at radius 2 is 0.946 bits per heavy atom. The molecule has 0 saturated heterocycles. The molecule has 0 aliphatic heterocycles. The Balaban J connectivity index is 0.000000283. The van der Waals surface area contributed by atoms with Crippen LogP contribution in [0, 0.1) is 17.8 Å². The van der Waals surface area contributed by atoms with Gasteiger partial charge in [0, 0.05) is 55.2 Å². The fourth-order valence-corrected chi connectivity index (χ4v) is 7.65. The number of hydrogen-bond donors (Lipinski definition) is 2. The number of amides is 3. The van der Waals surface area contributed by atoms with E-state index in [1.54, 1.807) is 31.5 Å². The highest BCUT2D eigenvalue weighted by atomic mass is 35.5. The highest BCUT2D eigenvalue weighted by molar-refractivity contribution is 6.66. The number of halogens is 7. The smallest absolute Gasteiger partial charge is 0.258 e. The lowest BCUT2D eigenvalue weighted by Crippen LogP contribution is -2.35. The van der Waals surface area contributed by atoms with Crippen LogP contribution in [0.5, 0.6) is 17.2 Å². The van der Waals surface area contributed by atoms with Crippen molar-refractivity contribution in [2.24, 2.45) is 17.8 Å². The summed E-state index contributed by atoms with van der Waals surface area (Å²) in [4.78, 5) is 57.8. The van der Waals surface area contributed by atoms with Crippen molar-refractivity contribution in [3.8, 4) is 17.2 Å². The second-order valence-corrected chi connectivity index (χ2v) is 17.6. The van der Waals surface area contributed by atoms with Gasteiger partial charge in [0.2, 0.25) is 28.9 Å². The van der Waals surface area contributed by atoms with Crippen molar-refractivity contribution in [3.05, 3.63) is 122 Å². The second kappa shape index (κ2) is 29.6. The van der Waals surface area contributed by atoms with E-state index in [1.165, 1.54) is 32.7 Å². The topological polar surface area (TPSA) is 176 Å². The summed E-state index contributed by atoms with van der Waals surface area (Å²) < 4.78 is 94.7. The summed E-state index contributed by atoms with van der Waals surface area (Å²) in [6, 6.07) is 4.91. The molecule has 3 aliphatic carbocycles. The van der Waals surface area contributed by atoms with Crippen LogP contribution in [0.15, 0.2) is 106 Å². The summed E-state index contributed by atoms with van der Waals surface area (Å²) in [5.41, 5.74) is 7.77. The molecule has 3 aliphatic rings. The molecule has 74 heavy (non-hydrogen) atoms. The molecule has 0 radical (unpaired) electrons. The van der Waals surface area contributed by atoms with Crippen LogP contribution >= 0.6 is 11.6 Å². The first-order valence-electron chi connectivity index (χ1n) is 23.5. The molecule has 3 amide bonds. The molecule has 3 N–H and O–H groups in total. The first kappa shape index (κ1) is 61.3. The molecule has 400 valence electrons. The Morgan fingerprint density at radius 1 is 0.595 bits per heavy atom. The Morgan fingerprint density at radius 3 is 1.30 bits per heavy atom. The van der Waals surface area contributed by atoms with Crippen LogP contribution in [-0.4, -0.2) is 77.0 Å². The van der Waals surface area contributed by atoms with Crippen molar-refractivity contribution in [1.82, 2.24) is 15.0 Å². The molecule has 0 bridgehead atoms. The number of hydrogen-bond acceptors (Lipinski definition) is 11. The molecule has 3 saturated carbocycles. The van der Waals surface area contributed by atoms with E-state index in [-0.39, 0.29) is 68.0 Å². The Bertz CT molecular complexity index is 2490. The number of nitrogens with two attached hydrogens (primary N) is 1. The minimum atomic E-state index is -2.58. The van der Waals surface area contributed by atoms with Gasteiger partial charge in [-0.05, 0) is 110 Å². The van der Waals surface area contributed by atoms with Gasteiger partial charge in [-0.1, -0.05) is 62.8 Å². The number of aromatic nitrogens is 3. The van der Waals surface area contributed by atoms with Gasteiger partial charge in [0.15, 0.2) is 0 Å². The lowest BCUT2D eigenvalue weighted by molar-refractivity contribution is -0.121. The zero-order valence-electron chi connectivity index (χ0n) is 41.7. The number of nitrogens with one attached hydrogen (secondary N) is 1. The summed E-state index contributed by atoms with van der Waals surface area (Å²) in [7, 11) is 4.56. The maximum atomic E-state index is 13.3. The van der Waals surface area contributed by atoms with Gasteiger partial charge in [0.25, 0.3) is 11.8 Å². The number of ether oxygens (including phenoxy) is 3. The van der Waals surface area contributed by atoms with Gasteiger partial charge >= 0.3 is 0 Å². The van der Waals surface area contributed by atoms with E-state index >= 15 is 0 Å². The number of nitrogen functional groups attached to an aromatic ring is 1. The lowest BCUT2D eigenvalue weighted by atomic mass is 9.86. The monoisotopic (exact) mass is 1060 g/mol. The lowest BCUT2D eigenvalue weighted by Gasteiger charge is -2.26. The molecule has 13 nitrogen and oxygen atoms in total. The van der Waals surface area contributed by atoms with Crippen molar-refractivity contribution in [1.29, 1.82) is 0 Å². The van der Waals surface area contributed by atoms with E-state index in [9.17, 15) is 45.5 Å². The largest absolute Gasteiger partial charge is 0.495 e. The Hall–Kier alpha value is -7.02. The molecule has 3 fully saturated rings. The van der Waals surface area contributed by atoms with Crippen molar-refractivity contribution >= 4 is 70.2 Å². The van der Waals surface area contributed by atoms with E-state index in [2.05, 4.69) is 46.6 Å². The van der Waals surface area contributed by atoms with Crippen LogP contribution in [-0.2, 0) is 19.2 Å². The van der Waals surface area contributed by atoms with Crippen molar-refractivity contribution in [3.63, 3.8) is 0 Å². The van der Waals surface area contributed by atoms with Crippen LogP contribution in [0.3, 0.4) is 0 Å². The average Bonchev–Trinajstić information content (AvgIpc) is 3.38. The number of alkyl halides is 6. The quantitative estimate of drug-likeness (QED) is 0.0841. The van der Waals surface area contributed by atoms with E-state index in [4.69, 9.17) is 31.5 Å². The summed E-state index contributed by atoms with van der Waals surface area (Å²) in [5, 5.41) is 2.07. The number of rotatable bonds is 15. The maximum absolute atomic E-state index is 13.3. The summed E-state index contributed by atoms with van der Waals surface area (Å²) >= 11 is 4.71. The maximum Gasteiger partial charge on any atom is 0.258 e. The molecule has 20 heteroatoms. The molecule has 0 spiro atoms. The van der Waals surface area contributed by atoms with Crippen LogP contribution < -0.4 is 30.2 Å². The van der Waals surface area contributed by atoms with Crippen LogP contribution in [0.2, 0.25) is 0 Å². The third kappa shape index (κ3) is 20.8. The van der Waals surface area contributed by atoms with E-state index in [0.717, 1.165) is 40.3 Å². The summed E-state index contributed by atoms with van der Waals surface area (Å²) in [5.74, 6) is -6.35. The van der Waals surface area contributed by atoms with Crippen molar-refractivity contribution in [2.75, 3.05) is 37.3 Å². The average molecular weight is 1060 g/mol. The second-order valence-electron chi connectivity index (χ2n) is 17.2. The zero-order valence-corrected chi connectivity index (χ0v) is 42.4. The molecule has 3 aromatic rings. The van der Waals surface area contributed by atoms with Gasteiger partial charge in [-0.15, -0.1) is 0 Å². The van der Waals surface area contributed by atoms with Gasteiger partial charge in [-0.2, -0.15) is 0 Å². The van der Waals surface area contributed by atoms with Crippen LogP contribution in [0.4, 0.5) is 43.8 Å². The Labute approximate surface area is 433 Å². The third-order valence-electron chi connectivity index (χ3n) is 11.9. The van der Waals surface area contributed by atoms with Crippen molar-refractivity contribution < 1.29 is 59.7 Å². The van der Waals surface area contributed by atoms with Gasteiger partial charge in [0.1, 0.15) is 34.7 Å². The van der Waals surface area contributed by atoms with E-state index < -0.39 is 34.8 Å². The van der Waals surface area contributed by atoms with Gasteiger partial charge in [-0.25, -0.2) is 46.2 Å². The number of nitrogens with zero attached hydrogens (tertiary/aromatic N) is 4. The van der Waals surface area contributed by atoms with Crippen LogP contribution in [0.25, 0.3) is 18.2 Å². The van der Waals surface area contributed by atoms with E-state index in [1.807, 2.05) is 30.4 Å². The normalized spacial score (nSPS) is 17.2. The molecule has 3 aromatic heterocycles. The number of allylic oxidation sites excluding steroid dienone is 4. The van der Waals surface area contributed by atoms with E-state index in [0.29, 0.717) is 73.0 Å². The molecular formula is C54H63ClF6N6O7. The SMILES string of the molecule is C=CC(=O)Cl.C=CC(=O)N(C(=O)C=C)c1cc(/C=C/C2CCC(F)(F)CC2)c(OC)cn1.C=CC(=O)Nc1cc(/C=C/C2CCC(F)(F)CC2)c(OC)cn1.COc1cnc(N)cc1/C=C/C1CCC(F)(F)CC1. The molecule has 3 heterocycles. The predicted molar refractivity (Wildman–Crippen MR) is 277 cm³/mol. The summed E-state index contributed by atoms with van der Waals surface area (Å²) in [6.45, 7) is 13.2. The number of pyridine rings is 3. The number of anilines is 3. The highest BCUT2D eigenvalue weighted by Gasteiger charge is 2.36. The van der Waals surface area contributed by atoms with Gasteiger partial charge in [0.05, 0.1) is 39.9 Å². The highest BCUT2D eigenvalue weighted by Crippen LogP contribution is 2.40. The summed E-state index contributed by atoms with van der Waals surface area (Å²) in [6.07, 6.45) is 22.2. The standard InChI is InChI=1S/C20H22F2N2O3.C17H20F2N2O2.C14H18F2N2O.C3H3ClO/c1-4-18(25)24(19(26)5-2)17-12-15(16(27-3)13-23-17)7-6-14-8-10-20(21,22)11-9-14;1-3-16(22)21-15-10-13(14(23-2)11-20-15)5-4-12-6-8-17(18,19)9-7-12;1-19-12-9-18-13(17)8-11(12)3-2-10-4-6-14(15,16)7-5-10;1-2-3(4)5/h4-7,12-14H,1-2,8-11H2,3H3;3-5,10-12H,1,6-9H2,2H3,(H,20,21,22);2-3,8-10H,4-7H2,1H3,(H2,17,18);2H,1H2/b7-6+;5-4+;3-2+;. The number of carbonyl (C=O) groups excluding carboxylic acids is 4. The van der Waals surface area contributed by atoms with Gasteiger partial charge < -0.3 is 25.3 Å². The van der Waals surface area contributed by atoms with Gasteiger partial charge in [-0.3, -0.25) is 19.2 Å². The molecule has 0 unspecified atom stereocenters. The molecule has 0 aromatic carbocycles. The molecule has 0 atom stereocenters.